The summed E-state index contributed by atoms with van der Waals surface area (Å²) in [6, 6.07) is 2.99. The Bertz CT molecular complexity index is 569. The quantitative estimate of drug-likeness (QED) is 0.840. The van der Waals surface area contributed by atoms with Crippen LogP contribution in [0.15, 0.2) is 27.6 Å². The fraction of sp³-hybridized carbons (Fsp3) is 0.538. The predicted molar refractivity (Wildman–Crippen MR) is 79.4 cm³/mol. The van der Waals surface area contributed by atoms with Gasteiger partial charge in [-0.1, -0.05) is 20.8 Å². The third-order valence-electron chi connectivity index (χ3n) is 2.94. The zero-order chi connectivity index (χ0) is 15.6. The first-order chi connectivity index (χ1) is 9.08. The summed E-state index contributed by atoms with van der Waals surface area (Å²) in [7, 11) is -3.79. The number of aliphatic hydroxyl groups is 1. The highest BCUT2D eigenvalue weighted by molar-refractivity contribution is 9.10. The molecular weight excluding hydrogens is 349 g/mol. The average Bonchev–Trinajstić information content (AvgIpc) is 2.26. The predicted octanol–water partition coefficient (Wildman–Crippen LogP) is 2.66. The highest BCUT2D eigenvalue weighted by Gasteiger charge is 2.30. The zero-order valence-electron chi connectivity index (χ0n) is 11.7. The molecule has 1 rings (SSSR count). The fourth-order valence-electron chi connectivity index (χ4n) is 1.74. The number of benzene rings is 1. The molecular formula is C13H19BrFNO3S. The standard InChI is InChI=1S/C13H19BrFNO3S/c1-13(2,3)12(6-7-17)16-20(18,19)11-5-4-9(15)8-10(11)14/h4-5,8,12,16-17H,6-7H2,1-3H3. The Morgan fingerprint density at radius 2 is 2.00 bits per heavy atom. The Morgan fingerprint density at radius 1 is 1.40 bits per heavy atom. The Morgan fingerprint density at radius 3 is 2.45 bits per heavy atom. The lowest BCUT2D eigenvalue weighted by Crippen LogP contribution is -2.44. The number of aliphatic hydroxyl groups excluding tert-OH is 1. The molecule has 0 bridgehead atoms. The maximum absolute atomic E-state index is 13.0. The summed E-state index contributed by atoms with van der Waals surface area (Å²) in [5.74, 6) is -0.515. The molecule has 0 spiro atoms. The number of hydrogen-bond donors (Lipinski definition) is 2. The highest BCUT2D eigenvalue weighted by atomic mass is 79.9. The minimum atomic E-state index is -3.79. The summed E-state index contributed by atoms with van der Waals surface area (Å²) in [5, 5.41) is 9.06. The van der Waals surface area contributed by atoms with E-state index in [1.165, 1.54) is 6.07 Å². The molecule has 4 nitrogen and oxygen atoms in total. The third kappa shape index (κ3) is 4.51. The SMILES string of the molecule is CC(C)(C)C(CCO)NS(=O)(=O)c1ccc(F)cc1Br. The van der Waals surface area contributed by atoms with E-state index in [1.807, 2.05) is 20.8 Å². The fourth-order valence-corrected chi connectivity index (χ4v) is 4.27. The van der Waals surface area contributed by atoms with Gasteiger partial charge in [-0.2, -0.15) is 0 Å². The van der Waals surface area contributed by atoms with Crippen molar-refractivity contribution in [2.24, 2.45) is 5.41 Å². The smallest absolute Gasteiger partial charge is 0.241 e. The van der Waals surface area contributed by atoms with Crippen LogP contribution in [-0.4, -0.2) is 26.2 Å². The first-order valence-corrected chi connectivity index (χ1v) is 8.44. The Labute approximate surface area is 127 Å². The van der Waals surface area contributed by atoms with Gasteiger partial charge in [0.05, 0.1) is 4.90 Å². The molecule has 1 unspecified atom stereocenters. The van der Waals surface area contributed by atoms with Crippen molar-refractivity contribution in [1.82, 2.24) is 4.72 Å². The Kier molecular flexibility index (Phi) is 5.71. The van der Waals surface area contributed by atoms with E-state index in [0.29, 0.717) is 6.42 Å². The van der Waals surface area contributed by atoms with E-state index in [4.69, 9.17) is 5.11 Å². The molecule has 0 aliphatic heterocycles. The molecule has 0 aliphatic carbocycles. The van der Waals surface area contributed by atoms with Crippen LogP contribution in [0.5, 0.6) is 0 Å². The first kappa shape index (κ1) is 17.6. The van der Waals surface area contributed by atoms with Crippen LogP contribution in [0.3, 0.4) is 0 Å². The summed E-state index contributed by atoms with van der Waals surface area (Å²) in [4.78, 5) is -0.0221. The molecule has 0 fully saturated rings. The molecule has 0 saturated carbocycles. The molecule has 0 aromatic heterocycles. The van der Waals surface area contributed by atoms with Gasteiger partial charge in [0.2, 0.25) is 10.0 Å². The van der Waals surface area contributed by atoms with Crippen LogP contribution < -0.4 is 4.72 Å². The van der Waals surface area contributed by atoms with Crippen molar-refractivity contribution >= 4 is 26.0 Å². The van der Waals surface area contributed by atoms with Gasteiger partial charge in [-0.3, -0.25) is 0 Å². The van der Waals surface area contributed by atoms with Crippen molar-refractivity contribution in [3.63, 3.8) is 0 Å². The van der Waals surface area contributed by atoms with Gasteiger partial charge >= 0.3 is 0 Å². The van der Waals surface area contributed by atoms with Gasteiger partial charge in [-0.05, 0) is 46.0 Å². The molecule has 1 aromatic carbocycles. The van der Waals surface area contributed by atoms with Crippen LogP contribution in [0.25, 0.3) is 0 Å². The van der Waals surface area contributed by atoms with Crippen LogP contribution in [-0.2, 0) is 10.0 Å². The molecule has 7 heteroatoms. The van der Waals surface area contributed by atoms with E-state index in [0.717, 1.165) is 12.1 Å². The van der Waals surface area contributed by atoms with Gasteiger partial charge < -0.3 is 5.11 Å². The summed E-state index contributed by atoms with van der Waals surface area (Å²) in [5.41, 5.74) is -0.345. The van der Waals surface area contributed by atoms with Gasteiger partial charge in [0.15, 0.2) is 0 Å². The lowest BCUT2D eigenvalue weighted by atomic mass is 9.86. The molecule has 2 N–H and O–H groups in total. The molecule has 0 saturated heterocycles. The van der Waals surface area contributed by atoms with Gasteiger partial charge in [-0.25, -0.2) is 17.5 Å². The Hall–Kier alpha value is -0.500. The summed E-state index contributed by atoms with van der Waals surface area (Å²) in [6.45, 7) is 5.54. The van der Waals surface area contributed by atoms with Gasteiger partial charge in [0.25, 0.3) is 0 Å². The molecule has 1 aromatic rings. The molecule has 0 aliphatic rings. The van der Waals surface area contributed by atoms with Crippen molar-refractivity contribution in [2.45, 2.75) is 38.1 Å². The van der Waals surface area contributed by atoms with Crippen molar-refractivity contribution in [1.29, 1.82) is 0 Å². The second kappa shape index (κ2) is 6.51. The van der Waals surface area contributed by atoms with Crippen LogP contribution in [0.1, 0.15) is 27.2 Å². The number of halogens is 2. The number of hydrogen-bond acceptors (Lipinski definition) is 3. The van der Waals surface area contributed by atoms with Crippen molar-refractivity contribution in [3.8, 4) is 0 Å². The molecule has 114 valence electrons. The highest BCUT2D eigenvalue weighted by Crippen LogP contribution is 2.27. The van der Waals surface area contributed by atoms with E-state index < -0.39 is 21.9 Å². The van der Waals surface area contributed by atoms with Crippen LogP contribution in [0, 0.1) is 11.2 Å². The lowest BCUT2D eigenvalue weighted by Gasteiger charge is -2.31. The summed E-state index contributed by atoms with van der Waals surface area (Å²) < 4.78 is 40.5. The summed E-state index contributed by atoms with van der Waals surface area (Å²) in [6.07, 6.45) is 0.307. The Balaban J connectivity index is 3.10. The third-order valence-corrected chi connectivity index (χ3v) is 5.39. The zero-order valence-corrected chi connectivity index (χ0v) is 14.1. The largest absolute Gasteiger partial charge is 0.396 e. The van der Waals surface area contributed by atoms with E-state index >= 15 is 0 Å². The van der Waals surface area contributed by atoms with Crippen molar-refractivity contribution in [2.75, 3.05) is 6.61 Å². The topological polar surface area (TPSA) is 66.4 Å². The van der Waals surface area contributed by atoms with E-state index in [2.05, 4.69) is 20.7 Å². The maximum atomic E-state index is 13.0. The minimum Gasteiger partial charge on any atom is -0.396 e. The van der Waals surface area contributed by atoms with E-state index in [-0.39, 0.29) is 21.4 Å². The van der Waals surface area contributed by atoms with Crippen molar-refractivity contribution in [3.05, 3.63) is 28.5 Å². The molecule has 0 radical (unpaired) electrons. The molecule has 1 atom stereocenters. The van der Waals surface area contributed by atoms with Crippen LogP contribution >= 0.6 is 15.9 Å². The van der Waals surface area contributed by atoms with E-state index in [9.17, 15) is 12.8 Å². The molecule has 0 amide bonds. The van der Waals surface area contributed by atoms with Crippen LogP contribution in [0.2, 0.25) is 0 Å². The molecule has 20 heavy (non-hydrogen) atoms. The normalized spacial score (nSPS) is 14.3. The maximum Gasteiger partial charge on any atom is 0.241 e. The van der Waals surface area contributed by atoms with Crippen LogP contribution in [0.4, 0.5) is 4.39 Å². The second-order valence-corrected chi connectivity index (χ2v) is 8.16. The monoisotopic (exact) mass is 367 g/mol. The number of sulfonamides is 1. The molecule has 0 heterocycles. The second-order valence-electron chi connectivity index (χ2n) is 5.63. The summed E-state index contributed by atoms with van der Waals surface area (Å²) >= 11 is 3.05. The van der Waals surface area contributed by atoms with Gasteiger partial charge in [0.1, 0.15) is 5.82 Å². The van der Waals surface area contributed by atoms with E-state index in [1.54, 1.807) is 0 Å². The number of rotatable bonds is 5. The number of nitrogens with one attached hydrogen (secondary N) is 1. The average molecular weight is 368 g/mol. The van der Waals surface area contributed by atoms with Gasteiger partial charge in [-0.15, -0.1) is 0 Å². The van der Waals surface area contributed by atoms with Crippen molar-refractivity contribution < 1.29 is 17.9 Å². The minimum absolute atomic E-state index is 0.0221. The lowest BCUT2D eigenvalue weighted by molar-refractivity contribution is 0.214. The van der Waals surface area contributed by atoms with Gasteiger partial charge in [0, 0.05) is 17.1 Å². The first-order valence-electron chi connectivity index (χ1n) is 6.16.